The van der Waals surface area contributed by atoms with Crippen molar-refractivity contribution in [3.8, 4) is 101 Å². The van der Waals surface area contributed by atoms with Gasteiger partial charge in [0.05, 0.1) is 11.2 Å². The van der Waals surface area contributed by atoms with Crippen molar-refractivity contribution in [3.63, 3.8) is 0 Å². The molecule has 110 heavy (non-hydrogen) atoms. The fourth-order valence-electron chi connectivity index (χ4n) is 14.7. The number of hydrogen-bond acceptors (Lipinski definition) is 12. The second-order valence-corrected chi connectivity index (χ2v) is 30.8. The molecular formula is C96H66BClN6O4S2. The van der Waals surface area contributed by atoms with Crippen molar-refractivity contribution in [1.82, 2.24) is 29.9 Å². The number of furan rings is 2. The molecule has 14 heteroatoms. The van der Waals surface area contributed by atoms with Crippen LogP contribution in [-0.2, 0) is 9.31 Å². The van der Waals surface area contributed by atoms with Gasteiger partial charge in [0.15, 0.2) is 29.1 Å². The van der Waals surface area contributed by atoms with Gasteiger partial charge in [0, 0.05) is 89.7 Å². The summed E-state index contributed by atoms with van der Waals surface area (Å²) < 4.78 is 29.3. The van der Waals surface area contributed by atoms with E-state index in [1.807, 2.05) is 91.0 Å². The van der Waals surface area contributed by atoms with Crippen molar-refractivity contribution >= 4 is 131 Å². The summed E-state index contributed by atoms with van der Waals surface area (Å²) in [5, 5.41) is 9.63. The predicted molar refractivity (Wildman–Crippen MR) is 456 cm³/mol. The van der Waals surface area contributed by atoms with Crippen LogP contribution in [0.2, 0.25) is 5.28 Å². The van der Waals surface area contributed by atoms with E-state index in [1.54, 1.807) is 22.7 Å². The molecule has 0 amide bonds. The average Bonchev–Trinajstić information content (AvgIpc) is 1.58. The van der Waals surface area contributed by atoms with Crippen LogP contribution in [0.15, 0.2) is 336 Å². The van der Waals surface area contributed by atoms with E-state index in [-0.39, 0.29) is 23.6 Å². The van der Waals surface area contributed by atoms with Crippen molar-refractivity contribution in [2.24, 2.45) is 0 Å². The van der Waals surface area contributed by atoms with Gasteiger partial charge in [-0.05, 0) is 150 Å². The molecule has 1 fully saturated rings. The van der Waals surface area contributed by atoms with Crippen LogP contribution in [0, 0.1) is 0 Å². The molecule has 0 unspecified atom stereocenters. The largest absolute Gasteiger partial charge is 0.494 e. The van der Waals surface area contributed by atoms with Gasteiger partial charge in [0.2, 0.25) is 5.28 Å². The molecule has 0 radical (unpaired) electrons. The molecule has 0 saturated carbocycles. The summed E-state index contributed by atoms with van der Waals surface area (Å²) in [4.78, 5) is 29.4. The highest BCUT2D eigenvalue weighted by Gasteiger charge is 2.51. The third-order valence-corrected chi connectivity index (χ3v) is 23.7. The topological polar surface area (TPSA) is 122 Å². The summed E-state index contributed by atoms with van der Waals surface area (Å²) in [7, 11) is -0.336. The van der Waals surface area contributed by atoms with Gasteiger partial charge in [-0.15, -0.1) is 22.7 Å². The van der Waals surface area contributed by atoms with E-state index >= 15 is 0 Å². The summed E-state index contributed by atoms with van der Waals surface area (Å²) in [5.74, 6) is 3.08. The zero-order chi connectivity index (χ0) is 74.0. The first-order valence-electron chi connectivity index (χ1n) is 36.6. The molecule has 1 aliphatic heterocycles. The molecule has 1 saturated heterocycles. The van der Waals surface area contributed by atoms with Gasteiger partial charge in [-0.1, -0.05) is 267 Å². The zero-order valence-electron chi connectivity index (χ0n) is 60.3. The molecule has 6 aromatic heterocycles. The fourth-order valence-corrected chi connectivity index (χ4v) is 17.3. The molecule has 526 valence electrons. The number of para-hydroxylation sites is 2. The highest BCUT2D eigenvalue weighted by Crippen LogP contribution is 2.44. The van der Waals surface area contributed by atoms with E-state index in [9.17, 15) is 0 Å². The normalized spacial score (nSPS) is 13.2. The maximum atomic E-state index is 6.42. The molecule has 0 bridgehead atoms. The van der Waals surface area contributed by atoms with Gasteiger partial charge in [-0.3, -0.25) is 0 Å². The van der Waals surface area contributed by atoms with Crippen LogP contribution in [0.25, 0.3) is 186 Å². The van der Waals surface area contributed by atoms with Crippen LogP contribution >= 0.6 is 34.3 Å². The number of rotatable bonds is 10. The van der Waals surface area contributed by atoms with Gasteiger partial charge in [0.1, 0.15) is 22.3 Å². The van der Waals surface area contributed by atoms with Crippen molar-refractivity contribution in [1.29, 1.82) is 0 Å². The maximum absolute atomic E-state index is 6.42. The van der Waals surface area contributed by atoms with Crippen LogP contribution in [0.1, 0.15) is 27.7 Å². The quantitative estimate of drug-likeness (QED) is 0.122. The molecule has 0 atom stereocenters. The molecule has 10 nitrogen and oxygen atoms in total. The number of nitrogens with zero attached hydrogens (tertiary/aromatic N) is 6. The van der Waals surface area contributed by atoms with E-state index in [2.05, 4.69) is 274 Å². The van der Waals surface area contributed by atoms with Gasteiger partial charge in [-0.2, -0.15) is 9.97 Å². The Bertz CT molecular complexity index is 6880. The Hall–Kier alpha value is -12.6. The van der Waals surface area contributed by atoms with E-state index in [0.29, 0.717) is 29.1 Å². The molecule has 21 rings (SSSR count). The average molecular weight is 1480 g/mol. The minimum absolute atomic E-state index is 0.186. The van der Waals surface area contributed by atoms with Crippen LogP contribution in [0.4, 0.5) is 0 Å². The lowest BCUT2D eigenvalue weighted by atomic mass is 9.78. The Labute approximate surface area is 647 Å². The van der Waals surface area contributed by atoms with E-state index in [1.165, 1.54) is 35.6 Å². The van der Waals surface area contributed by atoms with Gasteiger partial charge in [-0.25, -0.2) is 19.9 Å². The number of hydrogen-bond donors (Lipinski definition) is 0. The van der Waals surface area contributed by atoms with Crippen LogP contribution in [-0.4, -0.2) is 48.2 Å². The minimum Gasteiger partial charge on any atom is -0.456 e. The molecule has 20 aromatic rings. The summed E-state index contributed by atoms with van der Waals surface area (Å²) >= 11 is 9.95. The molecule has 0 N–H and O–H groups in total. The van der Waals surface area contributed by atoms with Crippen molar-refractivity contribution in [3.05, 3.63) is 333 Å². The second kappa shape index (κ2) is 28.2. The number of halogens is 1. The van der Waals surface area contributed by atoms with Crippen molar-refractivity contribution < 1.29 is 18.1 Å². The van der Waals surface area contributed by atoms with Gasteiger partial charge in [0.25, 0.3) is 0 Å². The van der Waals surface area contributed by atoms with E-state index in [4.69, 9.17) is 49.7 Å². The number of benzene rings is 14. The Balaban J connectivity index is 0.000000118. The van der Waals surface area contributed by atoms with Gasteiger partial charge >= 0.3 is 7.12 Å². The summed E-state index contributed by atoms with van der Waals surface area (Å²) in [6.07, 6.45) is 0. The summed E-state index contributed by atoms with van der Waals surface area (Å²) in [5.41, 5.74) is 17.6. The summed E-state index contributed by atoms with van der Waals surface area (Å²) in [6, 6.07) is 113. The first kappa shape index (κ1) is 68.0. The van der Waals surface area contributed by atoms with Crippen LogP contribution in [0.5, 0.6) is 0 Å². The molecule has 0 spiro atoms. The van der Waals surface area contributed by atoms with Crippen molar-refractivity contribution in [2.75, 3.05) is 0 Å². The van der Waals surface area contributed by atoms with E-state index < -0.39 is 0 Å². The minimum atomic E-state index is -0.336. The van der Waals surface area contributed by atoms with Crippen molar-refractivity contribution in [2.45, 2.75) is 38.9 Å². The predicted octanol–water partition coefficient (Wildman–Crippen LogP) is 25.9. The molecule has 7 heterocycles. The zero-order valence-corrected chi connectivity index (χ0v) is 62.7. The first-order chi connectivity index (χ1) is 53.9. The Morgan fingerprint density at radius 2 is 0.600 bits per heavy atom. The van der Waals surface area contributed by atoms with Crippen LogP contribution in [0.3, 0.4) is 0 Å². The lowest BCUT2D eigenvalue weighted by Gasteiger charge is -2.32. The highest BCUT2D eigenvalue weighted by molar-refractivity contribution is 7.26. The molecule has 14 aromatic carbocycles. The Morgan fingerprint density at radius 1 is 0.264 bits per heavy atom. The third-order valence-electron chi connectivity index (χ3n) is 21.0. The third kappa shape index (κ3) is 12.7. The molecular weight excluding hydrogens is 1410 g/mol. The number of thiophene rings is 2. The standard InChI is InChI=1S/C45H27N3OS.C27H16ClN3S.C24H23BO3/c1-2-11-29(12-3-1)32-13-4-5-16-37(32)44-46-43(47-45(48-44)38-18-10-17-36-35-15-7-9-20-41(35)50-42(36)38)30-23-21-28(22-24-30)31-25-26-34-33-14-6-8-19-39(33)49-40(34)27-31;28-27-30-25(21-13-5-4-11-18(21)17-9-2-1-3-10-17)29-26(31-27)22-15-8-14-20-19-12-6-7-16-23(19)32-24(20)22;1-23(2)24(3,4)28-25(27-23)18-12-9-16(10-13-18)17-11-14-20-19-7-5-6-8-21(19)26-22(20)15-17/h1-27H;1-16H;5-15H,1-4H3. The fraction of sp³-hybridized carbons (Fsp3) is 0.0625. The Kier molecular flexibility index (Phi) is 17.4. The second-order valence-electron chi connectivity index (χ2n) is 28.3. The van der Waals surface area contributed by atoms with Gasteiger partial charge < -0.3 is 18.1 Å². The monoisotopic (exact) mass is 1480 g/mol. The van der Waals surface area contributed by atoms with E-state index in [0.717, 1.165) is 126 Å². The summed E-state index contributed by atoms with van der Waals surface area (Å²) in [6.45, 7) is 8.29. The molecule has 0 aliphatic carbocycles. The molecule has 1 aliphatic rings. The highest BCUT2D eigenvalue weighted by atomic mass is 35.5. The first-order valence-corrected chi connectivity index (χ1v) is 38.6. The smallest absolute Gasteiger partial charge is 0.456 e. The Morgan fingerprint density at radius 3 is 1.08 bits per heavy atom. The maximum Gasteiger partial charge on any atom is 0.494 e. The lowest BCUT2D eigenvalue weighted by Crippen LogP contribution is -2.41. The van der Waals surface area contributed by atoms with Crippen LogP contribution < -0.4 is 5.46 Å². The lowest BCUT2D eigenvalue weighted by molar-refractivity contribution is 0.00578. The number of fused-ring (bicyclic) bond motifs is 12. The SMILES string of the molecule is CC1(C)OB(c2ccc(-c3ccc4c(c3)oc3ccccc34)cc2)OC1(C)C.Clc1nc(-c2ccccc2-c2ccccc2)nc(-c2cccc3c2sc2ccccc23)n1.c1ccc(-c2ccccc2-c2nc(-c3ccc(-c4ccc5c(c4)oc4ccccc45)cc3)nc(-c3cccc4c3sc3ccccc34)n2)cc1. The number of aromatic nitrogens is 6.